The van der Waals surface area contributed by atoms with Gasteiger partial charge in [0.25, 0.3) is 5.91 Å². The van der Waals surface area contributed by atoms with Gasteiger partial charge < -0.3 is 10.0 Å². The predicted octanol–water partition coefficient (Wildman–Crippen LogP) is 0.942. The third-order valence-corrected chi connectivity index (χ3v) is 2.67. The lowest BCUT2D eigenvalue weighted by molar-refractivity contribution is 0.0151. The summed E-state index contributed by atoms with van der Waals surface area (Å²) in [6, 6.07) is 5.75. The van der Waals surface area contributed by atoms with E-state index in [4.69, 9.17) is 0 Å². The summed E-state index contributed by atoms with van der Waals surface area (Å²) in [4.78, 5) is 13.1. The Morgan fingerprint density at radius 3 is 2.93 bits per heavy atom. The topological polar surface area (TPSA) is 40.5 Å². The van der Waals surface area contributed by atoms with Gasteiger partial charge in [-0.2, -0.15) is 0 Å². The van der Waals surface area contributed by atoms with E-state index < -0.39 is 6.23 Å². The Kier molecular flexibility index (Phi) is 2.04. The monoisotopic (exact) mass is 191 g/mol. The summed E-state index contributed by atoms with van der Waals surface area (Å²) in [6.45, 7) is 1.96. The maximum atomic E-state index is 11.7. The van der Waals surface area contributed by atoms with Crippen molar-refractivity contribution in [2.45, 2.75) is 19.6 Å². The molecule has 1 unspecified atom stereocenters. The lowest BCUT2D eigenvalue weighted by Gasteiger charge is -2.30. The number of aliphatic hydroxyl groups is 1. The molecule has 1 aromatic rings. The van der Waals surface area contributed by atoms with Gasteiger partial charge in [0, 0.05) is 19.0 Å². The Labute approximate surface area is 83.0 Å². The Morgan fingerprint density at radius 2 is 2.21 bits per heavy atom. The number of carbonyl (C=O) groups is 1. The van der Waals surface area contributed by atoms with Crippen molar-refractivity contribution in [1.82, 2.24) is 4.90 Å². The van der Waals surface area contributed by atoms with Crippen LogP contribution in [-0.4, -0.2) is 29.2 Å². The maximum absolute atomic E-state index is 11.7. The largest absolute Gasteiger partial charge is 0.373 e. The molecule has 1 heterocycles. The number of hydrogen-bond acceptors (Lipinski definition) is 2. The number of carbonyl (C=O) groups excluding carboxylic acids is 1. The summed E-state index contributed by atoms with van der Waals surface area (Å²) in [7, 11) is 1.62. The summed E-state index contributed by atoms with van der Waals surface area (Å²) in [5.41, 5.74) is 2.73. The Balaban J connectivity index is 2.51. The summed E-state index contributed by atoms with van der Waals surface area (Å²) >= 11 is 0. The van der Waals surface area contributed by atoms with E-state index in [9.17, 15) is 9.90 Å². The van der Waals surface area contributed by atoms with Crippen molar-refractivity contribution in [2.24, 2.45) is 0 Å². The molecule has 0 fully saturated rings. The van der Waals surface area contributed by atoms with Gasteiger partial charge >= 0.3 is 0 Å². The second kappa shape index (κ2) is 3.10. The molecule has 1 aromatic carbocycles. The second-order valence-electron chi connectivity index (χ2n) is 3.76. The van der Waals surface area contributed by atoms with E-state index in [-0.39, 0.29) is 5.91 Å². The zero-order chi connectivity index (χ0) is 10.3. The molecule has 2 rings (SSSR count). The summed E-state index contributed by atoms with van der Waals surface area (Å²) in [5.74, 6) is -0.0950. The normalized spacial score (nSPS) is 20.9. The number of amides is 1. The average Bonchev–Trinajstić information content (AvgIpc) is 2.16. The van der Waals surface area contributed by atoms with Gasteiger partial charge in [-0.05, 0) is 18.6 Å². The molecule has 0 aliphatic carbocycles. The van der Waals surface area contributed by atoms with Crippen molar-refractivity contribution < 1.29 is 9.90 Å². The van der Waals surface area contributed by atoms with Crippen LogP contribution in [0.3, 0.4) is 0 Å². The molecule has 0 spiro atoms. The van der Waals surface area contributed by atoms with Gasteiger partial charge in [0.15, 0.2) is 0 Å². The Bertz CT molecular complexity index is 387. The highest BCUT2D eigenvalue weighted by atomic mass is 16.3. The minimum absolute atomic E-state index is 0.0950. The molecular formula is C11H13NO2. The number of hydrogen-bond donors (Lipinski definition) is 1. The molecule has 1 N–H and O–H groups in total. The molecule has 0 saturated carbocycles. The summed E-state index contributed by atoms with van der Waals surface area (Å²) in [5, 5.41) is 9.57. The molecule has 3 heteroatoms. The van der Waals surface area contributed by atoms with Gasteiger partial charge in [-0.3, -0.25) is 4.79 Å². The number of fused-ring (bicyclic) bond motifs is 1. The molecule has 14 heavy (non-hydrogen) atoms. The first kappa shape index (κ1) is 9.21. The zero-order valence-electron chi connectivity index (χ0n) is 8.32. The molecular weight excluding hydrogens is 178 g/mol. The quantitative estimate of drug-likeness (QED) is 0.663. The van der Waals surface area contributed by atoms with Crippen molar-refractivity contribution in [3.05, 3.63) is 34.9 Å². The molecule has 3 nitrogen and oxygen atoms in total. The maximum Gasteiger partial charge on any atom is 0.255 e. The van der Waals surface area contributed by atoms with Crippen LogP contribution in [-0.2, 0) is 6.42 Å². The minimum Gasteiger partial charge on any atom is -0.373 e. The third-order valence-electron chi connectivity index (χ3n) is 2.67. The van der Waals surface area contributed by atoms with E-state index in [1.807, 2.05) is 25.1 Å². The molecule has 1 atom stereocenters. The number of aliphatic hydroxyl groups excluding tert-OH is 1. The zero-order valence-corrected chi connectivity index (χ0v) is 8.32. The van der Waals surface area contributed by atoms with Gasteiger partial charge in [0.2, 0.25) is 0 Å². The van der Waals surface area contributed by atoms with Crippen molar-refractivity contribution in [2.75, 3.05) is 7.05 Å². The molecule has 1 aliphatic rings. The van der Waals surface area contributed by atoms with Crippen LogP contribution in [0.4, 0.5) is 0 Å². The van der Waals surface area contributed by atoms with Crippen LogP contribution in [0.1, 0.15) is 21.5 Å². The van der Waals surface area contributed by atoms with Crippen molar-refractivity contribution in [1.29, 1.82) is 0 Å². The highest BCUT2D eigenvalue weighted by Gasteiger charge is 2.27. The van der Waals surface area contributed by atoms with E-state index in [1.165, 1.54) is 4.90 Å². The van der Waals surface area contributed by atoms with Crippen LogP contribution in [0.15, 0.2) is 18.2 Å². The fourth-order valence-electron chi connectivity index (χ4n) is 1.73. The summed E-state index contributed by atoms with van der Waals surface area (Å²) < 4.78 is 0. The predicted molar refractivity (Wildman–Crippen MR) is 53.0 cm³/mol. The van der Waals surface area contributed by atoms with Crippen LogP contribution in [0.5, 0.6) is 0 Å². The van der Waals surface area contributed by atoms with Crippen LogP contribution in [0.25, 0.3) is 0 Å². The lowest BCUT2D eigenvalue weighted by Crippen LogP contribution is -2.42. The van der Waals surface area contributed by atoms with Crippen LogP contribution in [0, 0.1) is 6.92 Å². The molecule has 0 saturated heterocycles. The van der Waals surface area contributed by atoms with Gasteiger partial charge in [-0.25, -0.2) is 0 Å². The van der Waals surface area contributed by atoms with Gasteiger partial charge in [-0.1, -0.05) is 17.7 Å². The second-order valence-corrected chi connectivity index (χ2v) is 3.76. The van der Waals surface area contributed by atoms with Gasteiger partial charge in [-0.15, -0.1) is 0 Å². The molecule has 1 aliphatic heterocycles. The molecule has 74 valence electrons. The number of nitrogens with zero attached hydrogens (tertiary/aromatic N) is 1. The Morgan fingerprint density at radius 1 is 1.50 bits per heavy atom. The van der Waals surface area contributed by atoms with Crippen molar-refractivity contribution >= 4 is 5.91 Å². The number of benzene rings is 1. The molecule has 0 bridgehead atoms. The first-order valence-corrected chi connectivity index (χ1v) is 4.64. The number of likely N-dealkylation sites (N-methyl/N-ethyl adjacent to an activating group) is 1. The van der Waals surface area contributed by atoms with Crippen LogP contribution in [0.2, 0.25) is 0 Å². The third kappa shape index (κ3) is 1.30. The van der Waals surface area contributed by atoms with E-state index in [0.717, 1.165) is 16.7 Å². The Hall–Kier alpha value is -1.35. The SMILES string of the molecule is Cc1ccc2c(c1)C(=O)N(C)C(O)C2. The first-order valence-electron chi connectivity index (χ1n) is 4.64. The van der Waals surface area contributed by atoms with Gasteiger partial charge in [0.1, 0.15) is 6.23 Å². The minimum atomic E-state index is -0.683. The van der Waals surface area contributed by atoms with Crippen LogP contribution < -0.4 is 0 Å². The molecule has 0 radical (unpaired) electrons. The van der Waals surface area contributed by atoms with E-state index in [2.05, 4.69) is 0 Å². The lowest BCUT2D eigenvalue weighted by atomic mass is 9.96. The smallest absolute Gasteiger partial charge is 0.255 e. The first-order chi connectivity index (χ1) is 6.59. The number of aryl methyl sites for hydroxylation is 1. The standard InChI is InChI=1S/C11H13NO2/c1-7-3-4-8-6-10(13)12(2)11(14)9(8)5-7/h3-5,10,13H,6H2,1-2H3. The highest BCUT2D eigenvalue weighted by Crippen LogP contribution is 2.21. The van der Waals surface area contributed by atoms with Gasteiger partial charge in [0.05, 0.1) is 0 Å². The average molecular weight is 191 g/mol. The van der Waals surface area contributed by atoms with Crippen LogP contribution >= 0.6 is 0 Å². The van der Waals surface area contributed by atoms with Crippen molar-refractivity contribution in [3.8, 4) is 0 Å². The summed E-state index contributed by atoms with van der Waals surface area (Å²) in [6.07, 6.45) is -0.157. The fourth-order valence-corrected chi connectivity index (χ4v) is 1.73. The van der Waals surface area contributed by atoms with E-state index in [1.54, 1.807) is 7.05 Å². The molecule has 1 amide bonds. The highest BCUT2D eigenvalue weighted by molar-refractivity contribution is 5.96. The molecule has 0 aromatic heterocycles. The van der Waals surface area contributed by atoms with E-state index in [0.29, 0.717) is 6.42 Å². The number of rotatable bonds is 0. The fraction of sp³-hybridized carbons (Fsp3) is 0.364. The van der Waals surface area contributed by atoms with Crippen molar-refractivity contribution in [3.63, 3.8) is 0 Å². The van der Waals surface area contributed by atoms with E-state index >= 15 is 0 Å².